The molecule has 0 aliphatic carbocycles. The van der Waals surface area contributed by atoms with E-state index < -0.39 is 0 Å². The lowest BCUT2D eigenvalue weighted by molar-refractivity contribution is -0.123. The Hall–Kier alpha value is -2.47. The van der Waals surface area contributed by atoms with Crippen LogP contribution < -0.4 is 10.2 Å². The van der Waals surface area contributed by atoms with Crippen LogP contribution in [0.3, 0.4) is 0 Å². The third kappa shape index (κ3) is 4.75. The zero-order valence-corrected chi connectivity index (χ0v) is 17.3. The third-order valence-corrected chi connectivity index (χ3v) is 5.82. The minimum atomic E-state index is 0.0793. The van der Waals surface area contributed by atoms with Gasteiger partial charge in [-0.15, -0.1) is 0 Å². The van der Waals surface area contributed by atoms with Gasteiger partial charge in [-0.1, -0.05) is 30.3 Å². The first-order chi connectivity index (χ1) is 14.1. The van der Waals surface area contributed by atoms with Gasteiger partial charge in [-0.2, -0.15) is 0 Å². The molecule has 4 rings (SSSR count). The maximum Gasteiger partial charge on any atom is 0.222 e. The van der Waals surface area contributed by atoms with Gasteiger partial charge >= 0.3 is 0 Å². The predicted octanol–water partition coefficient (Wildman–Crippen LogP) is 3.11. The van der Waals surface area contributed by atoms with E-state index in [4.69, 9.17) is 9.72 Å². The van der Waals surface area contributed by atoms with E-state index in [0.717, 1.165) is 37.3 Å². The van der Waals surface area contributed by atoms with Crippen molar-refractivity contribution in [2.75, 3.05) is 11.5 Å². The molecule has 2 aromatic rings. The van der Waals surface area contributed by atoms with Crippen LogP contribution in [0.25, 0.3) is 0 Å². The summed E-state index contributed by atoms with van der Waals surface area (Å²) in [6.07, 6.45) is 6.40. The van der Waals surface area contributed by atoms with Gasteiger partial charge in [-0.3, -0.25) is 4.79 Å². The van der Waals surface area contributed by atoms with Gasteiger partial charge in [-0.25, -0.2) is 9.97 Å². The molecule has 2 fully saturated rings. The van der Waals surface area contributed by atoms with Gasteiger partial charge in [0.05, 0.1) is 24.8 Å². The van der Waals surface area contributed by atoms with E-state index in [1.165, 1.54) is 5.56 Å². The van der Waals surface area contributed by atoms with Crippen LogP contribution in [0.5, 0.6) is 0 Å². The van der Waals surface area contributed by atoms with Crippen LogP contribution in [-0.4, -0.2) is 46.7 Å². The van der Waals surface area contributed by atoms with Crippen molar-refractivity contribution in [3.63, 3.8) is 0 Å². The van der Waals surface area contributed by atoms with Crippen molar-refractivity contribution in [2.45, 2.75) is 70.2 Å². The van der Waals surface area contributed by atoms with E-state index in [1.807, 2.05) is 44.3 Å². The lowest BCUT2D eigenvalue weighted by Gasteiger charge is -2.26. The van der Waals surface area contributed by atoms with E-state index in [2.05, 4.69) is 27.3 Å². The van der Waals surface area contributed by atoms with Gasteiger partial charge in [0.15, 0.2) is 0 Å². The van der Waals surface area contributed by atoms with Crippen LogP contribution in [0.15, 0.2) is 42.6 Å². The second-order valence-electron chi connectivity index (χ2n) is 8.28. The summed E-state index contributed by atoms with van der Waals surface area (Å²) in [5, 5.41) is 3.23. The number of nitrogens with one attached hydrogen (secondary N) is 1. The number of anilines is 1. The number of carbonyl (C=O) groups is 1. The molecule has 0 unspecified atom stereocenters. The van der Waals surface area contributed by atoms with Crippen molar-refractivity contribution in [1.29, 1.82) is 0 Å². The summed E-state index contributed by atoms with van der Waals surface area (Å²) in [7, 11) is 0. The average molecular weight is 395 g/mol. The minimum Gasteiger partial charge on any atom is -0.378 e. The number of hydrogen-bond acceptors (Lipinski definition) is 5. The number of ether oxygens (including phenoxy) is 1. The van der Waals surface area contributed by atoms with E-state index in [-0.39, 0.29) is 18.1 Å². The predicted molar refractivity (Wildman–Crippen MR) is 113 cm³/mol. The summed E-state index contributed by atoms with van der Waals surface area (Å²) < 4.78 is 5.50. The second-order valence-corrected chi connectivity index (χ2v) is 8.28. The first-order valence-corrected chi connectivity index (χ1v) is 10.7. The topological polar surface area (TPSA) is 67.3 Å². The van der Waals surface area contributed by atoms with Crippen molar-refractivity contribution < 1.29 is 9.53 Å². The molecule has 3 atom stereocenters. The molecule has 1 aromatic carbocycles. The Bertz CT molecular complexity index is 827. The van der Waals surface area contributed by atoms with Gasteiger partial charge in [0.1, 0.15) is 11.6 Å². The molecule has 1 amide bonds. The lowest BCUT2D eigenvalue weighted by Crippen LogP contribution is -2.44. The third-order valence-electron chi connectivity index (χ3n) is 5.82. The number of fused-ring (bicyclic) bond motifs is 2. The van der Waals surface area contributed by atoms with Crippen molar-refractivity contribution in [2.24, 2.45) is 0 Å². The highest BCUT2D eigenvalue weighted by atomic mass is 16.5. The maximum absolute atomic E-state index is 12.3. The Kier molecular flexibility index (Phi) is 6.09. The van der Waals surface area contributed by atoms with E-state index in [0.29, 0.717) is 25.1 Å². The number of rotatable bonds is 8. The number of hydrogen-bond donors (Lipinski definition) is 1. The van der Waals surface area contributed by atoms with Crippen molar-refractivity contribution in [3.8, 4) is 0 Å². The molecule has 0 radical (unpaired) electrons. The van der Waals surface area contributed by atoms with Gasteiger partial charge in [-0.05, 0) is 44.7 Å². The summed E-state index contributed by atoms with van der Waals surface area (Å²) in [6, 6.07) is 13.2. The van der Waals surface area contributed by atoms with E-state index in [1.54, 1.807) is 0 Å². The molecule has 0 saturated carbocycles. The van der Waals surface area contributed by atoms with Crippen LogP contribution in [0.2, 0.25) is 0 Å². The fourth-order valence-electron chi connectivity index (χ4n) is 4.56. The normalized spacial score (nSPS) is 23.0. The number of nitrogens with zero attached hydrogens (tertiary/aromatic N) is 3. The quantitative estimate of drug-likeness (QED) is 0.745. The summed E-state index contributed by atoms with van der Waals surface area (Å²) in [4.78, 5) is 24.1. The molecule has 2 saturated heterocycles. The zero-order chi connectivity index (χ0) is 20.2. The molecule has 6 heteroatoms. The van der Waals surface area contributed by atoms with Gasteiger partial charge < -0.3 is 15.0 Å². The van der Waals surface area contributed by atoms with Crippen molar-refractivity contribution in [3.05, 3.63) is 54.0 Å². The van der Waals surface area contributed by atoms with Gasteiger partial charge in [0, 0.05) is 25.1 Å². The van der Waals surface area contributed by atoms with Gasteiger partial charge in [0.2, 0.25) is 5.91 Å². The molecule has 29 heavy (non-hydrogen) atoms. The second kappa shape index (κ2) is 8.91. The van der Waals surface area contributed by atoms with E-state index >= 15 is 0 Å². The minimum absolute atomic E-state index is 0.0793. The van der Waals surface area contributed by atoms with Crippen LogP contribution in [0.1, 0.15) is 50.9 Å². The number of amides is 1. The molecule has 0 spiro atoms. The summed E-state index contributed by atoms with van der Waals surface area (Å²) >= 11 is 0. The van der Waals surface area contributed by atoms with Crippen molar-refractivity contribution >= 4 is 11.7 Å². The summed E-state index contributed by atoms with van der Waals surface area (Å²) in [6.45, 7) is 4.45. The highest BCUT2D eigenvalue weighted by Gasteiger charge is 2.47. The maximum atomic E-state index is 12.3. The molecule has 154 valence electrons. The lowest BCUT2D eigenvalue weighted by atomic mass is 9.95. The molecule has 1 aromatic heterocycles. The molecule has 6 nitrogen and oxygen atoms in total. The van der Waals surface area contributed by atoms with Crippen molar-refractivity contribution in [1.82, 2.24) is 15.3 Å². The molecule has 2 bridgehead atoms. The Morgan fingerprint density at radius 2 is 2.07 bits per heavy atom. The Morgan fingerprint density at radius 3 is 2.86 bits per heavy atom. The first kappa shape index (κ1) is 19.8. The molecule has 3 heterocycles. The van der Waals surface area contributed by atoms with E-state index in [9.17, 15) is 4.79 Å². The Balaban J connectivity index is 1.39. The van der Waals surface area contributed by atoms with Gasteiger partial charge in [0.25, 0.3) is 0 Å². The summed E-state index contributed by atoms with van der Waals surface area (Å²) in [5.74, 6) is 1.90. The van der Waals surface area contributed by atoms with Crippen LogP contribution in [0.4, 0.5) is 5.82 Å². The van der Waals surface area contributed by atoms with Crippen LogP contribution >= 0.6 is 0 Å². The Labute approximate surface area is 172 Å². The SMILES string of the molecule is CC(C)OCCC(=O)N[C@@H]1C[C@@H]2CC[C@H]1N2c1ccnc(Cc2ccccc2)n1. The fourth-order valence-corrected chi connectivity index (χ4v) is 4.56. The first-order valence-electron chi connectivity index (χ1n) is 10.7. The zero-order valence-electron chi connectivity index (χ0n) is 17.3. The summed E-state index contributed by atoms with van der Waals surface area (Å²) in [5.41, 5.74) is 1.21. The molecular weight excluding hydrogens is 364 g/mol. The van der Waals surface area contributed by atoms with Crippen LogP contribution in [0, 0.1) is 0 Å². The standard InChI is InChI=1S/C23H30N4O2/c1-16(2)29-13-11-23(28)25-19-15-18-8-9-20(19)27(18)22-10-12-24-21(26-22)14-17-6-4-3-5-7-17/h3-7,10,12,16,18-20H,8-9,11,13-15H2,1-2H3,(H,25,28)/t18-,19+,20+/m0/s1. The Morgan fingerprint density at radius 1 is 1.24 bits per heavy atom. The molecule has 2 aliphatic heterocycles. The van der Waals surface area contributed by atoms with Crippen LogP contribution in [-0.2, 0) is 16.0 Å². The fraction of sp³-hybridized carbons (Fsp3) is 0.522. The molecule has 2 aliphatic rings. The smallest absolute Gasteiger partial charge is 0.222 e. The molecule has 1 N–H and O–H groups in total. The molecular formula is C23H30N4O2. The highest BCUT2D eigenvalue weighted by Crippen LogP contribution is 2.40. The average Bonchev–Trinajstić information content (AvgIpc) is 3.26. The monoisotopic (exact) mass is 394 g/mol. The number of carbonyl (C=O) groups excluding carboxylic acids is 1. The number of aromatic nitrogens is 2. The highest BCUT2D eigenvalue weighted by molar-refractivity contribution is 5.76. The largest absolute Gasteiger partial charge is 0.378 e. The number of benzene rings is 1.